The van der Waals surface area contributed by atoms with E-state index < -0.39 is 11.6 Å². The van der Waals surface area contributed by atoms with Crippen LogP contribution in [0.15, 0.2) is 48.5 Å². The number of carbonyl (C=O) groups is 2. The van der Waals surface area contributed by atoms with Crippen molar-refractivity contribution in [2.45, 2.75) is 26.4 Å². The van der Waals surface area contributed by atoms with Crippen LogP contribution in [0.1, 0.15) is 35.3 Å². The first-order chi connectivity index (χ1) is 11.7. The molecule has 0 aliphatic rings. The molecule has 25 heavy (non-hydrogen) atoms. The second-order valence-corrected chi connectivity index (χ2v) is 6.19. The molecule has 5 nitrogen and oxygen atoms in total. The predicted molar refractivity (Wildman–Crippen MR) is 95.0 cm³/mol. The average Bonchev–Trinajstić information content (AvgIpc) is 2.55. The van der Waals surface area contributed by atoms with Crippen molar-refractivity contribution in [3.05, 3.63) is 65.2 Å². The molecule has 0 saturated carbocycles. The van der Waals surface area contributed by atoms with Gasteiger partial charge in [-0.25, -0.2) is 4.79 Å². The summed E-state index contributed by atoms with van der Waals surface area (Å²) < 4.78 is 5.54. The highest BCUT2D eigenvalue weighted by molar-refractivity contribution is 6.06. The average molecular weight is 340 g/mol. The first kappa shape index (κ1) is 18.3. The molecule has 2 rings (SSSR count). The fourth-order valence-electron chi connectivity index (χ4n) is 2.10. The molecule has 0 aliphatic heterocycles. The molecule has 0 fully saturated rings. The lowest BCUT2D eigenvalue weighted by Gasteiger charge is -2.22. The minimum atomic E-state index is -1.32. The first-order valence-electron chi connectivity index (χ1n) is 7.73. The van der Waals surface area contributed by atoms with E-state index in [0.29, 0.717) is 11.3 Å². The van der Waals surface area contributed by atoms with Gasteiger partial charge in [-0.2, -0.15) is 0 Å². The second-order valence-electron chi connectivity index (χ2n) is 6.19. The van der Waals surface area contributed by atoms with E-state index >= 15 is 0 Å². The number of carboxylic acid groups (broad SMARTS) is 1. The van der Waals surface area contributed by atoms with Crippen LogP contribution in [0, 0.1) is 6.92 Å². The van der Waals surface area contributed by atoms with E-state index in [2.05, 4.69) is 0 Å². The molecule has 0 radical (unpaired) electrons. The number of rotatable bonds is 6. The summed E-state index contributed by atoms with van der Waals surface area (Å²) in [6.45, 7) is 4.78. The normalized spacial score (nSPS) is 11.5. The molecule has 0 atom stereocenters. The van der Waals surface area contributed by atoms with Crippen LogP contribution in [0.25, 0.3) is 6.08 Å². The lowest BCUT2D eigenvalue weighted by atomic mass is 10.1. The number of hydrogen-bond acceptors (Lipinski definition) is 4. The molecule has 0 spiro atoms. The third-order valence-corrected chi connectivity index (χ3v) is 3.66. The molecule has 0 bridgehead atoms. The zero-order valence-electron chi connectivity index (χ0n) is 14.3. The zero-order chi connectivity index (χ0) is 18.6. The van der Waals surface area contributed by atoms with Crippen LogP contribution in [-0.4, -0.2) is 27.6 Å². The van der Waals surface area contributed by atoms with Gasteiger partial charge >= 0.3 is 5.97 Å². The fraction of sp³-hybridized carbons (Fsp3) is 0.200. The van der Waals surface area contributed by atoms with E-state index in [1.807, 2.05) is 13.0 Å². The smallest absolute Gasteiger partial charge is 0.347 e. The van der Waals surface area contributed by atoms with Crippen LogP contribution in [-0.2, 0) is 4.79 Å². The highest BCUT2D eigenvalue weighted by atomic mass is 16.5. The van der Waals surface area contributed by atoms with E-state index in [4.69, 9.17) is 9.84 Å². The van der Waals surface area contributed by atoms with Crippen LogP contribution < -0.4 is 4.74 Å². The van der Waals surface area contributed by atoms with Crippen LogP contribution >= 0.6 is 0 Å². The maximum absolute atomic E-state index is 12.1. The molecule has 0 unspecified atom stereocenters. The Morgan fingerprint density at radius 2 is 1.72 bits per heavy atom. The van der Waals surface area contributed by atoms with E-state index in [1.165, 1.54) is 32.1 Å². The number of aromatic hydroxyl groups is 1. The summed E-state index contributed by atoms with van der Waals surface area (Å²) in [4.78, 5) is 23.2. The molecule has 130 valence electrons. The van der Waals surface area contributed by atoms with Gasteiger partial charge in [0.2, 0.25) is 0 Å². The lowest BCUT2D eigenvalue weighted by Crippen LogP contribution is -2.38. The number of aryl methyl sites for hydroxylation is 1. The number of allylic oxidation sites excluding steroid dienone is 1. The standard InChI is InChI=1S/C20H20O5/c1-13-12-14(5-11-18(13)25-20(2,3)19(23)24)4-10-17(22)15-6-8-16(21)9-7-15/h4-12,21H,1-3H3,(H,23,24). The van der Waals surface area contributed by atoms with Crippen molar-refractivity contribution in [3.63, 3.8) is 0 Å². The third-order valence-electron chi connectivity index (χ3n) is 3.66. The van der Waals surface area contributed by atoms with Crippen LogP contribution in [0.4, 0.5) is 0 Å². The van der Waals surface area contributed by atoms with Crippen molar-refractivity contribution in [2.24, 2.45) is 0 Å². The second kappa shape index (κ2) is 7.21. The number of aliphatic carboxylic acids is 1. The summed E-state index contributed by atoms with van der Waals surface area (Å²) in [5.74, 6) is -0.634. The van der Waals surface area contributed by atoms with Crippen molar-refractivity contribution in [3.8, 4) is 11.5 Å². The largest absolute Gasteiger partial charge is 0.508 e. The maximum atomic E-state index is 12.1. The van der Waals surface area contributed by atoms with Crippen molar-refractivity contribution < 1.29 is 24.5 Å². The predicted octanol–water partition coefficient (Wildman–Crippen LogP) is 3.84. The van der Waals surface area contributed by atoms with E-state index in [9.17, 15) is 14.7 Å². The quantitative estimate of drug-likeness (QED) is 0.616. The van der Waals surface area contributed by atoms with E-state index in [0.717, 1.165) is 11.1 Å². The Balaban J connectivity index is 2.13. The number of hydrogen-bond donors (Lipinski definition) is 2. The van der Waals surface area contributed by atoms with Crippen LogP contribution in [0.5, 0.6) is 11.5 Å². The van der Waals surface area contributed by atoms with Crippen LogP contribution in [0.3, 0.4) is 0 Å². The summed E-state index contributed by atoms with van der Waals surface area (Å²) in [6.07, 6.45) is 3.12. The maximum Gasteiger partial charge on any atom is 0.347 e. The molecule has 0 aliphatic carbocycles. The third kappa shape index (κ3) is 4.70. The van der Waals surface area contributed by atoms with Crippen molar-refractivity contribution in [2.75, 3.05) is 0 Å². The minimum absolute atomic E-state index is 0.107. The van der Waals surface area contributed by atoms with Gasteiger partial charge in [-0.3, -0.25) is 4.79 Å². The van der Waals surface area contributed by atoms with Gasteiger partial charge in [0.05, 0.1) is 0 Å². The number of phenolic OH excluding ortho intramolecular Hbond substituents is 1. The lowest BCUT2D eigenvalue weighted by molar-refractivity contribution is -0.152. The molecular formula is C20H20O5. The topological polar surface area (TPSA) is 83.8 Å². The summed E-state index contributed by atoms with van der Waals surface area (Å²) in [5, 5.41) is 18.4. The first-order valence-corrected chi connectivity index (χ1v) is 7.73. The van der Waals surface area contributed by atoms with E-state index in [1.54, 1.807) is 30.3 Å². The number of ether oxygens (including phenoxy) is 1. The van der Waals surface area contributed by atoms with Gasteiger partial charge in [-0.15, -0.1) is 0 Å². The van der Waals surface area contributed by atoms with Gasteiger partial charge < -0.3 is 14.9 Å². The van der Waals surface area contributed by atoms with Crippen molar-refractivity contribution in [1.82, 2.24) is 0 Å². The monoisotopic (exact) mass is 340 g/mol. The zero-order valence-corrected chi connectivity index (χ0v) is 14.3. The summed E-state index contributed by atoms with van der Waals surface area (Å²) in [5.41, 5.74) is 0.726. The molecule has 2 aromatic rings. The van der Waals surface area contributed by atoms with Crippen molar-refractivity contribution >= 4 is 17.8 Å². The summed E-state index contributed by atoms with van der Waals surface area (Å²) in [6, 6.07) is 11.3. The Hall–Kier alpha value is -3.08. The fourth-order valence-corrected chi connectivity index (χ4v) is 2.10. The van der Waals surface area contributed by atoms with Gasteiger partial charge in [0.25, 0.3) is 0 Å². The number of carboxylic acids is 1. The Morgan fingerprint density at radius 3 is 2.28 bits per heavy atom. The highest BCUT2D eigenvalue weighted by Crippen LogP contribution is 2.24. The van der Waals surface area contributed by atoms with Gasteiger partial charge in [0.1, 0.15) is 11.5 Å². The van der Waals surface area contributed by atoms with Gasteiger partial charge in [-0.05, 0) is 74.4 Å². The molecule has 5 heteroatoms. The van der Waals surface area contributed by atoms with Gasteiger partial charge in [0, 0.05) is 5.56 Å². The molecule has 0 aromatic heterocycles. The molecular weight excluding hydrogens is 320 g/mol. The Bertz CT molecular complexity index is 816. The Labute approximate surface area is 146 Å². The summed E-state index contributed by atoms with van der Waals surface area (Å²) >= 11 is 0. The summed E-state index contributed by atoms with van der Waals surface area (Å²) in [7, 11) is 0. The molecule has 2 aromatic carbocycles. The van der Waals surface area contributed by atoms with E-state index in [-0.39, 0.29) is 11.5 Å². The Morgan fingerprint density at radius 1 is 1.08 bits per heavy atom. The van der Waals surface area contributed by atoms with Gasteiger partial charge in [0.15, 0.2) is 11.4 Å². The SMILES string of the molecule is Cc1cc(C=CC(=O)c2ccc(O)cc2)ccc1OC(C)(C)C(=O)O. The molecule has 2 N–H and O–H groups in total. The number of carbonyl (C=O) groups excluding carboxylic acids is 1. The molecule has 0 heterocycles. The molecule has 0 saturated heterocycles. The molecule has 0 amide bonds. The van der Waals surface area contributed by atoms with Gasteiger partial charge in [-0.1, -0.05) is 12.1 Å². The van der Waals surface area contributed by atoms with Crippen LogP contribution in [0.2, 0.25) is 0 Å². The number of phenols is 1. The Kier molecular flexibility index (Phi) is 5.27. The number of benzene rings is 2. The minimum Gasteiger partial charge on any atom is -0.508 e. The highest BCUT2D eigenvalue weighted by Gasteiger charge is 2.29. The van der Waals surface area contributed by atoms with Crippen molar-refractivity contribution in [1.29, 1.82) is 0 Å². The number of ketones is 1.